The van der Waals surface area contributed by atoms with Crippen molar-refractivity contribution in [2.24, 2.45) is 0 Å². The van der Waals surface area contributed by atoms with Crippen LogP contribution in [0.15, 0.2) is 24.4 Å². The van der Waals surface area contributed by atoms with Gasteiger partial charge in [0.25, 0.3) is 0 Å². The van der Waals surface area contributed by atoms with Gasteiger partial charge < -0.3 is 14.8 Å². The summed E-state index contributed by atoms with van der Waals surface area (Å²) in [7, 11) is 2.19. The quantitative estimate of drug-likeness (QED) is 0.781. The van der Waals surface area contributed by atoms with E-state index in [0.717, 1.165) is 48.5 Å². The van der Waals surface area contributed by atoms with Crippen LogP contribution in [0.4, 0.5) is 5.69 Å². The molecule has 1 aliphatic rings. The van der Waals surface area contributed by atoms with Gasteiger partial charge in [-0.15, -0.1) is 10.2 Å². The largest absolute Gasteiger partial charge is 0.369 e. The van der Waals surface area contributed by atoms with Gasteiger partial charge in [0.05, 0.1) is 5.69 Å². The Labute approximate surface area is 148 Å². The summed E-state index contributed by atoms with van der Waals surface area (Å²) in [5, 5.41) is 9.90. The highest BCUT2D eigenvalue weighted by molar-refractivity contribution is 5.83. The SMILES string of the molecule is Cc1cc(-c2cc3c(C)c[nH]c3nn2)cc(C)c1N1CCN(C)CC1. The first-order chi connectivity index (χ1) is 12.0. The van der Waals surface area contributed by atoms with Gasteiger partial charge in [0.2, 0.25) is 0 Å². The van der Waals surface area contributed by atoms with Crippen molar-refractivity contribution in [1.29, 1.82) is 0 Å². The number of fused-ring (bicyclic) bond motifs is 1. The minimum absolute atomic E-state index is 0.851. The van der Waals surface area contributed by atoms with Crippen LogP contribution in [-0.2, 0) is 0 Å². The van der Waals surface area contributed by atoms with E-state index in [0.29, 0.717) is 0 Å². The molecule has 0 saturated carbocycles. The van der Waals surface area contributed by atoms with Crippen molar-refractivity contribution in [1.82, 2.24) is 20.1 Å². The number of nitrogens with zero attached hydrogens (tertiary/aromatic N) is 4. The molecule has 0 atom stereocenters. The minimum Gasteiger partial charge on any atom is -0.369 e. The summed E-state index contributed by atoms with van der Waals surface area (Å²) in [6.45, 7) is 10.9. The summed E-state index contributed by atoms with van der Waals surface area (Å²) < 4.78 is 0. The highest BCUT2D eigenvalue weighted by Crippen LogP contribution is 2.31. The molecule has 2 aromatic heterocycles. The third-order valence-electron chi connectivity index (χ3n) is 5.25. The predicted octanol–water partition coefficient (Wildman–Crippen LogP) is 3.30. The van der Waals surface area contributed by atoms with Crippen LogP contribution in [0.5, 0.6) is 0 Å². The van der Waals surface area contributed by atoms with Gasteiger partial charge in [-0.1, -0.05) is 0 Å². The number of H-pyrrole nitrogens is 1. The fourth-order valence-corrected chi connectivity index (χ4v) is 3.83. The summed E-state index contributed by atoms with van der Waals surface area (Å²) in [5.41, 5.74) is 8.13. The average molecular weight is 335 g/mol. The summed E-state index contributed by atoms with van der Waals surface area (Å²) in [5.74, 6) is 0. The average Bonchev–Trinajstić information content (AvgIpc) is 2.96. The first-order valence-electron chi connectivity index (χ1n) is 8.89. The molecule has 1 aromatic carbocycles. The normalized spacial score (nSPS) is 15.9. The van der Waals surface area contributed by atoms with Crippen LogP contribution in [0, 0.1) is 20.8 Å². The number of hydrogen-bond donors (Lipinski definition) is 1. The van der Waals surface area contributed by atoms with E-state index in [1.165, 1.54) is 22.4 Å². The Bertz CT molecular complexity index is 896. The highest BCUT2D eigenvalue weighted by atomic mass is 15.2. The van der Waals surface area contributed by atoms with Gasteiger partial charge in [-0.25, -0.2) is 0 Å². The number of hydrogen-bond acceptors (Lipinski definition) is 4. The number of rotatable bonds is 2. The second-order valence-corrected chi connectivity index (χ2v) is 7.21. The lowest BCUT2D eigenvalue weighted by atomic mass is 10.00. The van der Waals surface area contributed by atoms with Crippen LogP contribution < -0.4 is 4.90 Å². The Kier molecular flexibility index (Phi) is 3.96. The molecule has 130 valence electrons. The van der Waals surface area contributed by atoms with E-state index >= 15 is 0 Å². The van der Waals surface area contributed by atoms with Crippen LogP contribution in [0.2, 0.25) is 0 Å². The smallest absolute Gasteiger partial charge is 0.160 e. The lowest BCUT2D eigenvalue weighted by molar-refractivity contribution is 0.312. The standard InChI is InChI=1S/C20H25N5/c1-13-9-16(18-11-17-15(3)12-21-20(17)23-22-18)10-14(2)19(13)25-7-5-24(4)6-8-25/h9-12H,5-8H2,1-4H3,(H,21,23). The van der Waals surface area contributed by atoms with E-state index in [1.807, 2.05) is 6.20 Å². The molecule has 1 aliphatic heterocycles. The summed E-state index contributed by atoms with van der Waals surface area (Å²) in [6, 6.07) is 6.63. The van der Waals surface area contributed by atoms with Crippen LogP contribution >= 0.6 is 0 Å². The molecule has 1 N–H and O–H groups in total. The molecule has 0 bridgehead atoms. The first kappa shape index (κ1) is 16.1. The van der Waals surface area contributed by atoms with Crippen LogP contribution in [-0.4, -0.2) is 53.3 Å². The van der Waals surface area contributed by atoms with E-state index in [1.54, 1.807) is 0 Å². The maximum Gasteiger partial charge on any atom is 0.160 e. The Morgan fingerprint density at radius 1 is 0.880 bits per heavy atom. The second-order valence-electron chi connectivity index (χ2n) is 7.21. The molecule has 3 heterocycles. The van der Waals surface area contributed by atoms with Gasteiger partial charge in [-0.3, -0.25) is 0 Å². The predicted molar refractivity (Wildman–Crippen MR) is 103 cm³/mol. The summed E-state index contributed by atoms with van der Waals surface area (Å²) in [4.78, 5) is 8.06. The fraction of sp³-hybridized carbons (Fsp3) is 0.400. The zero-order valence-corrected chi connectivity index (χ0v) is 15.4. The summed E-state index contributed by atoms with van der Waals surface area (Å²) in [6.07, 6.45) is 1.98. The van der Waals surface area contributed by atoms with Crippen molar-refractivity contribution in [3.05, 3.63) is 41.1 Å². The number of nitrogens with one attached hydrogen (secondary N) is 1. The molecule has 0 amide bonds. The molecule has 5 nitrogen and oxygen atoms in total. The van der Waals surface area contributed by atoms with E-state index < -0.39 is 0 Å². The molecule has 0 unspecified atom stereocenters. The molecule has 25 heavy (non-hydrogen) atoms. The van der Waals surface area contributed by atoms with Gasteiger partial charge in [-0.2, -0.15) is 0 Å². The monoisotopic (exact) mass is 335 g/mol. The third-order valence-corrected chi connectivity index (χ3v) is 5.25. The number of aryl methyl sites for hydroxylation is 3. The van der Waals surface area contributed by atoms with Gasteiger partial charge in [-0.05, 0) is 62.7 Å². The Balaban J connectivity index is 1.72. The summed E-state index contributed by atoms with van der Waals surface area (Å²) >= 11 is 0. The molecule has 0 spiro atoms. The zero-order chi connectivity index (χ0) is 17.6. The molecular weight excluding hydrogens is 310 g/mol. The van der Waals surface area contributed by atoms with E-state index in [-0.39, 0.29) is 0 Å². The second kappa shape index (κ2) is 6.15. The molecular formula is C20H25N5. The van der Waals surface area contributed by atoms with Gasteiger partial charge in [0.1, 0.15) is 0 Å². The van der Waals surface area contributed by atoms with Crippen molar-refractivity contribution in [2.45, 2.75) is 20.8 Å². The van der Waals surface area contributed by atoms with Crippen LogP contribution in [0.1, 0.15) is 16.7 Å². The van der Waals surface area contributed by atoms with Gasteiger partial charge in [0.15, 0.2) is 5.65 Å². The van der Waals surface area contributed by atoms with E-state index in [4.69, 9.17) is 0 Å². The molecule has 1 saturated heterocycles. The Morgan fingerprint density at radius 2 is 1.56 bits per heavy atom. The molecule has 0 radical (unpaired) electrons. The topological polar surface area (TPSA) is 48.1 Å². The van der Waals surface area contributed by atoms with E-state index in [9.17, 15) is 0 Å². The maximum absolute atomic E-state index is 4.42. The van der Waals surface area contributed by atoms with Crippen molar-refractivity contribution >= 4 is 16.7 Å². The zero-order valence-electron chi connectivity index (χ0n) is 15.4. The Morgan fingerprint density at radius 3 is 2.24 bits per heavy atom. The maximum atomic E-state index is 4.42. The number of anilines is 1. The molecule has 3 aromatic rings. The lowest BCUT2D eigenvalue weighted by Crippen LogP contribution is -2.45. The van der Waals surface area contributed by atoms with Gasteiger partial charge in [0, 0.05) is 49.0 Å². The number of aromatic amines is 1. The number of benzene rings is 1. The lowest BCUT2D eigenvalue weighted by Gasteiger charge is -2.36. The molecule has 1 fully saturated rings. The van der Waals surface area contributed by atoms with Gasteiger partial charge >= 0.3 is 0 Å². The fourth-order valence-electron chi connectivity index (χ4n) is 3.83. The number of aromatic nitrogens is 3. The number of likely N-dealkylation sites (N-methyl/N-ethyl adjacent to an activating group) is 1. The highest BCUT2D eigenvalue weighted by Gasteiger charge is 2.19. The van der Waals surface area contributed by atoms with E-state index in [2.05, 4.69) is 71.0 Å². The van der Waals surface area contributed by atoms with Crippen LogP contribution in [0.3, 0.4) is 0 Å². The third kappa shape index (κ3) is 2.89. The van der Waals surface area contributed by atoms with Crippen molar-refractivity contribution in [2.75, 3.05) is 38.1 Å². The molecule has 4 rings (SSSR count). The first-order valence-corrected chi connectivity index (χ1v) is 8.89. The van der Waals surface area contributed by atoms with Crippen molar-refractivity contribution < 1.29 is 0 Å². The van der Waals surface area contributed by atoms with Crippen molar-refractivity contribution in [3.63, 3.8) is 0 Å². The van der Waals surface area contributed by atoms with Crippen LogP contribution in [0.25, 0.3) is 22.3 Å². The van der Waals surface area contributed by atoms with Crippen molar-refractivity contribution in [3.8, 4) is 11.3 Å². The Hall–Kier alpha value is -2.40. The minimum atomic E-state index is 0.851. The molecule has 0 aliphatic carbocycles. The molecule has 5 heteroatoms. The number of piperazine rings is 1.